The molecule has 10 heteroatoms. The molecular weight excluding hydrogens is 447 g/mol. The third-order valence-corrected chi connectivity index (χ3v) is 6.99. The maximum Gasteiger partial charge on any atom is 0.291 e. The van der Waals surface area contributed by atoms with Crippen molar-refractivity contribution >= 4 is 29.2 Å². The number of amides is 1. The third kappa shape index (κ3) is 4.48. The van der Waals surface area contributed by atoms with Gasteiger partial charge in [0.2, 0.25) is 11.8 Å². The Morgan fingerprint density at radius 3 is 2.55 bits per heavy atom. The molecule has 2 aliphatic heterocycles. The molecule has 8 nitrogen and oxygen atoms in total. The van der Waals surface area contributed by atoms with Crippen LogP contribution in [0.4, 0.5) is 4.39 Å². The second-order valence-corrected chi connectivity index (χ2v) is 8.83. The van der Waals surface area contributed by atoms with Crippen molar-refractivity contribution in [2.24, 2.45) is 0 Å². The second-order valence-electron chi connectivity index (χ2n) is 8.83. The standard InChI is InChI=1S/C23H29FN6O2.ClH/c1-3-20-18-5-4-6-19(24)21(18)30(26-20)23-25-22(32-27-23)16-7-11-29(12-8-16)17-9-13-28(14-10-17)15(2)31;/h4-6,16-17H,3,7-14H2,1-2H3;1H. The molecule has 4 heterocycles. The Bertz CT molecular complexity index is 1120. The van der Waals surface area contributed by atoms with Gasteiger partial charge in [0.1, 0.15) is 11.3 Å². The Balaban J connectivity index is 0.00000259. The lowest BCUT2D eigenvalue weighted by Gasteiger charge is -2.41. The van der Waals surface area contributed by atoms with Crippen molar-refractivity contribution in [3.05, 3.63) is 35.6 Å². The van der Waals surface area contributed by atoms with Gasteiger partial charge in [0.25, 0.3) is 5.95 Å². The number of rotatable bonds is 4. The van der Waals surface area contributed by atoms with Crippen LogP contribution in [0.5, 0.6) is 0 Å². The molecule has 3 aromatic rings. The number of likely N-dealkylation sites (tertiary alicyclic amines) is 2. The van der Waals surface area contributed by atoms with Crippen LogP contribution < -0.4 is 0 Å². The molecule has 0 spiro atoms. The lowest BCUT2D eigenvalue weighted by atomic mass is 9.93. The fourth-order valence-corrected chi connectivity index (χ4v) is 5.13. The first kappa shape index (κ1) is 23.6. The van der Waals surface area contributed by atoms with Gasteiger partial charge in [0, 0.05) is 37.4 Å². The normalized spacial score (nSPS) is 18.6. The van der Waals surface area contributed by atoms with E-state index in [2.05, 4.69) is 20.1 Å². The summed E-state index contributed by atoms with van der Waals surface area (Å²) in [5.74, 6) is 0.912. The van der Waals surface area contributed by atoms with Crippen molar-refractivity contribution in [3.63, 3.8) is 0 Å². The number of nitrogens with zero attached hydrogens (tertiary/aromatic N) is 6. The highest BCUT2D eigenvalue weighted by Crippen LogP contribution is 2.31. The lowest BCUT2D eigenvalue weighted by molar-refractivity contribution is -0.130. The van der Waals surface area contributed by atoms with Crippen LogP contribution in [0, 0.1) is 5.82 Å². The van der Waals surface area contributed by atoms with Crippen molar-refractivity contribution in [3.8, 4) is 5.95 Å². The summed E-state index contributed by atoms with van der Waals surface area (Å²) >= 11 is 0. The Morgan fingerprint density at radius 2 is 1.88 bits per heavy atom. The zero-order chi connectivity index (χ0) is 22.2. The summed E-state index contributed by atoms with van der Waals surface area (Å²) in [6, 6.07) is 5.54. The molecule has 0 saturated carbocycles. The smallest absolute Gasteiger partial charge is 0.291 e. The molecule has 2 aromatic heterocycles. The molecule has 0 N–H and O–H groups in total. The van der Waals surface area contributed by atoms with Gasteiger partial charge in [-0.2, -0.15) is 14.8 Å². The van der Waals surface area contributed by atoms with Crippen LogP contribution in [0.3, 0.4) is 0 Å². The molecule has 1 amide bonds. The average molecular weight is 477 g/mol. The van der Waals surface area contributed by atoms with E-state index in [-0.39, 0.29) is 36.0 Å². The summed E-state index contributed by atoms with van der Waals surface area (Å²) in [6.07, 6.45) is 4.66. The number of fused-ring (bicyclic) bond motifs is 1. The van der Waals surface area contributed by atoms with Gasteiger partial charge in [0.05, 0.1) is 5.69 Å². The molecule has 0 bridgehead atoms. The highest BCUT2D eigenvalue weighted by atomic mass is 35.5. The van der Waals surface area contributed by atoms with E-state index in [1.807, 2.05) is 17.9 Å². The lowest BCUT2D eigenvalue weighted by Crippen LogP contribution is -2.48. The molecule has 0 radical (unpaired) electrons. The zero-order valence-electron chi connectivity index (χ0n) is 19.0. The summed E-state index contributed by atoms with van der Waals surface area (Å²) in [4.78, 5) is 20.6. The Morgan fingerprint density at radius 1 is 1.15 bits per heavy atom. The first-order valence-electron chi connectivity index (χ1n) is 11.5. The van der Waals surface area contributed by atoms with Crippen molar-refractivity contribution in [1.29, 1.82) is 0 Å². The number of benzene rings is 1. The molecule has 2 fully saturated rings. The van der Waals surface area contributed by atoms with Gasteiger partial charge in [-0.15, -0.1) is 12.4 Å². The predicted octanol–water partition coefficient (Wildman–Crippen LogP) is 3.72. The van der Waals surface area contributed by atoms with Crippen molar-refractivity contribution in [2.45, 2.75) is 57.9 Å². The van der Waals surface area contributed by atoms with Crippen LogP contribution in [0.1, 0.15) is 57.0 Å². The number of aromatic nitrogens is 4. The van der Waals surface area contributed by atoms with E-state index in [4.69, 9.17) is 4.52 Å². The SMILES string of the molecule is CCc1nn(-c2noc(C3CCN(C4CCN(C(C)=O)CC4)CC3)n2)c2c(F)cccc12.Cl. The van der Waals surface area contributed by atoms with Crippen LogP contribution in [0.25, 0.3) is 16.9 Å². The van der Waals surface area contributed by atoms with Crippen LogP contribution in [-0.4, -0.2) is 67.8 Å². The molecule has 0 atom stereocenters. The minimum Gasteiger partial charge on any atom is -0.343 e. The maximum absolute atomic E-state index is 14.6. The molecule has 33 heavy (non-hydrogen) atoms. The monoisotopic (exact) mass is 476 g/mol. The zero-order valence-corrected chi connectivity index (χ0v) is 19.9. The van der Waals surface area contributed by atoms with E-state index < -0.39 is 0 Å². The molecule has 0 aliphatic carbocycles. The molecule has 0 unspecified atom stereocenters. The first-order chi connectivity index (χ1) is 15.5. The number of piperidine rings is 2. The molecule has 5 rings (SSSR count). The predicted molar refractivity (Wildman–Crippen MR) is 124 cm³/mol. The van der Waals surface area contributed by atoms with Gasteiger partial charge in [0.15, 0.2) is 0 Å². The van der Waals surface area contributed by atoms with E-state index in [0.717, 1.165) is 62.9 Å². The van der Waals surface area contributed by atoms with Crippen LogP contribution in [-0.2, 0) is 11.2 Å². The van der Waals surface area contributed by atoms with Gasteiger partial charge in [-0.05, 0) is 56.4 Å². The minimum atomic E-state index is -0.342. The van der Waals surface area contributed by atoms with Gasteiger partial charge in [-0.1, -0.05) is 19.1 Å². The minimum absolute atomic E-state index is 0. The summed E-state index contributed by atoms with van der Waals surface area (Å²) in [6.45, 7) is 7.30. The highest BCUT2D eigenvalue weighted by Gasteiger charge is 2.31. The number of halogens is 2. The van der Waals surface area contributed by atoms with Crippen LogP contribution in [0.15, 0.2) is 22.7 Å². The van der Waals surface area contributed by atoms with E-state index >= 15 is 0 Å². The van der Waals surface area contributed by atoms with Crippen molar-refractivity contribution in [2.75, 3.05) is 26.2 Å². The number of para-hydroxylation sites is 1. The summed E-state index contributed by atoms with van der Waals surface area (Å²) in [5.41, 5.74) is 1.21. The van der Waals surface area contributed by atoms with Gasteiger partial charge in [-0.3, -0.25) is 4.79 Å². The molecule has 2 aliphatic rings. The van der Waals surface area contributed by atoms with Crippen LogP contribution >= 0.6 is 12.4 Å². The van der Waals surface area contributed by atoms with Gasteiger partial charge >= 0.3 is 0 Å². The molecule has 1 aromatic carbocycles. The fourth-order valence-electron chi connectivity index (χ4n) is 5.13. The van der Waals surface area contributed by atoms with Crippen LogP contribution in [0.2, 0.25) is 0 Å². The summed E-state index contributed by atoms with van der Waals surface area (Å²) in [7, 11) is 0. The van der Waals surface area contributed by atoms with E-state index in [0.29, 0.717) is 23.9 Å². The second kappa shape index (κ2) is 9.77. The summed E-state index contributed by atoms with van der Waals surface area (Å²) < 4.78 is 21.6. The maximum atomic E-state index is 14.6. The number of hydrogen-bond acceptors (Lipinski definition) is 6. The Kier molecular flexibility index (Phi) is 6.99. The first-order valence-corrected chi connectivity index (χ1v) is 11.5. The van der Waals surface area contributed by atoms with Crippen molar-refractivity contribution in [1.82, 2.24) is 29.7 Å². The van der Waals surface area contributed by atoms with E-state index in [1.54, 1.807) is 13.0 Å². The van der Waals surface area contributed by atoms with Crippen molar-refractivity contribution < 1.29 is 13.7 Å². The third-order valence-electron chi connectivity index (χ3n) is 6.99. The van der Waals surface area contributed by atoms with Gasteiger partial charge < -0.3 is 14.3 Å². The van der Waals surface area contributed by atoms with E-state index in [1.165, 1.54) is 10.7 Å². The quantitative estimate of drug-likeness (QED) is 0.571. The van der Waals surface area contributed by atoms with E-state index in [9.17, 15) is 9.18 Å². The highest BCUT2D eigenvalue weighted by molar-refractivity contribution is 5.85. The number of aryl methyl sites for hydroxylation is 1. The topological polar surface area (TPSA) is 80.3 Å². The largest absolute Gasteiger partial charge is 0.343 e. The average Bonchev–Trinajstić information content (AvgIpc) is 3.45. The summed E-state index contributed by atoms with van der Waals surface area (Å²) in [5, 5.41) is 9.46. The Hall–Kier alpha value is -2.52. The molecule has 2 saturated heterocycles. The molecule has 178 valence electrons. The Labute approximate surface area is 198 Å². The van der Waals surface area contributed by atoms with Gasteiger partial charge in [-0.25, -0.2) is 4.39 Å². The fraction of sp³-hybridized carbons (Fsp3) is 0.565. The molecular formula is C23H30ClFN6O2. The number of carbonyl (C=O) groups is 1. The number of carbonyl (C=O) groups excluding carboxylic acids is 1. The number of hydrogen-bond donors (Lipinski definition) is 0.